The molecule has 18 heavy (non-hydrogen) atoms. The molecule has 0 aliphatic carbocycles. The van der Waals surface area contributed by atoms with Gasteiger partial charge < -0.3 is 15.3 Å². The van der Waals surface area contributed by atoms with Crippen LogP contribution in [-0.2, 0) is 0 Å². The van der Waals surface area contributed by atoms with Gasteiger partial charge >= 0.3 is 5.69 Å². The maximum Gasteiger partial charge on any atom is 0.326 e. The first kappa shape index (κ1) is 9.90. The fraction of sp³-hybridized carbons (Fsp3) is 0.333. The largest absolute Gasteiger partial charge is 0.346 e. The van der Waals surface area contributed by atoms with Crippen LogP contribution < -0.4 is 11.0 Å². The Balaban J connectivity index is 2.13. The van der Waals surface area contributed by atoms with Gasteiger partial charge in [-0.3, -0.25) is 4.57 Å². The molecule has 6 heteroatoms. The molecular weight excluding hydrogens is 230 g/mol. The van der Waals surface area contributed by atoms with Crippen LogP contribution in [0, 0.1) is 0 Å². The molecule has 1 aliphatic rings. The average molecular weight is 243 g/mol. The molecule has 0 amide bonds. The lowest BCUT2D eigenvalue weighted by atomic mass is 10.2. The van der Waals surface area contributed by atoms with Gasteiger partial charge in [-0.25, -0.2) is 9.78 Å². The molecule has 6 nitrogen and oxygen atoms in total. The molecule has 0 unspecified atom stereocenters. The fourth-order valence-electron chi connectivity index (χ4n) is 2.83. The van der Waals surface area contributed by atoms with Crippen molar-refractivity contribution in [1.29, 1.82) is 0 Å². The molecule has 0 bridgehead atoms. The van der Waals surface area contributed by atoms with Crippen LogP contribution >= 0.6 is 0 Å². The number of rotatable bonds is 1. The van der Waals surface area contributed by atoms with Crippen LogP contribution in [0.1, 0.15) is 12.5 Å². The molecule has 3 aromatic heterocycles. The SMILES string of the molecule is O=c1[nH]c2cnc3[nH]ccc3c2n1[C@H]1CCNC1. The molecule has 1 saturated heterocycles. The molecule has 0 spiro atoms. The number of nitrogens with zero attached hydrogens (tertiary/aromatic N) is 2. The predicted molar refractivity (Wildman–Crippen MR) is 68.7 cm³/mol. The number of hydrogen-bond acceptors (Lipinski definition) is 3. The average Bonchev–Trinajstić information content (AvgIpc) is 3.04. The third-order valence-electron chi connectivity index (χ3n) is 3.66. The summed E-state index contributed by atoms with van der Waals surface area (Å²) in [6.45, 7) is 1.81. The molecular formula is C12H13N5O. The highest BCUT2D eigenvalue weighted by molar-refractivity contribution is 6.00. The summed E-state index contributed by atoms with van der Waals surface area (Å²) in [4.78, 5) is 22.4. The van der Waals surface area contributed by atoms with E-state index in [-0.39, 0.29) is 11.7 Å². The first-order valence-corrected chi connectivity index (χ1v) is 6.11. The summed E-state index contributed by atoms with van der Waals surface area (Å²) in [6, 6.07) is 2.20. The Kier molecular flexibility index (Phi) is 1.90. The molecule has 0 aromatic carbocycles. The number of aromatic nitrogens is 4. The summed E-state index contributed by atoms with van der Waals surface area (Å²) < 4.78 is 1.87. The quantitative estimate of drug-likeness (QED) is 0.590. The van der Waals surface area contributed by atoms with Crippen molar-refractivity contribution >= 4 is 22.1 Å². The number of nitrogens with one attached hydrogen (secondary N) is 3. The zero-order valence-electron chi connectivity index (χ0n) is 9.73. The molecule has 0 saturated carbocycles. The van der Waals surface area contributed by atoms with Crippen LogP contribution in [0.15, 0.2) is 23.3 Å². The summed E-state index contributed by atoms with van der Waals surface area (Å²) in [6.07, 6.45) is 4.56. The summed E-state index contributed by atoms with van der Waals surface area (Å²) >= 11 is 0. The van der Waals surface area contributed by atoms with Crippen molar-refractivity contribution in [2.24, 2.45) is 0 Å². The third-order valence-corrected chi connectivity index (χ3v) is 3.66. The molecule has 0 radical (unpaired) electrons. The molecule has 92 valence electrons. The van der Waals surface area contributed by atoms with E-state index in [0.717, 1.165) is 41.6 Å². The van der Waals surface area contributed by atoms with E-state index in [1.807, 2.05) is 16.8 Å². The van der Waals surface area contributed by atoms with E-state index in [0.29, 0.717) is 0 Å². The molecule has 1 fully saturated rings. The van der Waals surface area contributed by atoms with Gasteiger partial charge in [-0.15, -0.1) is 0 Å². The normalized spacial score (nSPS) is 20.1. The first-order chi connectivity index (χ1) is 8.84. The van der Waals surface area contributed by atoms with Crippen molar-refractivity contribution in [3.8, 4) is 0 Å². The van der Waals surface area contributed by atoms with Crippen LogP contribution in [-0.4, -0.2) is 32.6 Å². The van der Waals surface area contributed by atoms with E-state index in [4.69, 9.17) is 0 Å². The monoisotopic (exact) mass is 243 g/mol. The van der Waals surface area contributed by atoms with E-state index in [9.17, 15) is 4.79 Å². The van der Waals surface area contributed by atoms with Gasteiger partial charge in [0.1, 0.15) is 5.65 Å². The van der Waals surface area contributed by atoms with Crippen LogP contribution in [0.2, 0.25) is 0 Å². The van der Waals surface area contributed by atoms with E-state index < -0.39 is 0 Å². The number of pyridine rings is 1. The van der Waals surface area contributed by atoms with Crippen LogP contribution in [0.4, 0.5) is 0 Å². The minimum Gasteiger partial charge on any atom is -0.346 e. The van der Waals surface area contributed by atoms with Gasteiger partial charge in [0, 0.05) is 18.1 Å². The Morgan fingerprint density at radius 2 is 2.39 bits per heavy atom. The zero-order chi connectivity index (χ0) is 12.1. The Bertz CT molecular complexity index is 775. The van der Waals surface area contributed by atoms with Crippen LogP contribution in [0.3, 0.4) is 0 Å². The topological polar surface area (TPSA) is 78.5 Å². The van der Waals surface area contributed by atoms with Crippen molar-refractivity contribution in [3.63, 3.8) is 0 Å². The van der Waals surface area contributed by atoms with Gasteiger partial charge in [0.05, 0.1) is 23.3 Å². The van der Waals surface area contributed by atoms with Gasteiger partial charge in [0.2, 0.25) is 0 Å². The molecule has 1 aliphatic heterocycles. The second-order valence-corrected chi connectivity index (χ2v) is 4.71. The minimum absolute atomic E-state index is 0.0470. The zero-order valence-corrected chi connectivity index (χ0v) is 9.73. The van der Waals surface area contributed by atoms with E-state index >= 15 is 0 Å². The lowest BCUT2D eigenvalue weighted by Crippen LogP contribution is -2.23. The predicted octanol–water partition coefficient (Wildman–Crippen LogP) is 0.740. The fourth-order valence-corrected chi connectivity index (χ4v) is 2.83. The van der Waals surface area contributed by atoms with Gasteiger partial charge in [-0.05, 0) is 19.0 Å². The summed E-state index contributed by atoms with van der Waals surface area (Å²) in [7, 11) is 0. The second-order valence-electron chi connectivity index (χ2n) is 4.71. The van der Waals surface area contributed by atoms with Crippen molar-refractivity contribution in [2.45, 2.75) is 12.5 Å². The van der Waals surface area contributed by atoms with Gasteiger partial charge in [-0.2, -0.15) is 0 Å². The molecule has 4 heterocycles. The highest BCUT2D eigenvalue weighted by Crippen LogP contribution is 2.25. The number of H-pyrrole nitrogens is 2. The lowest BCUT2D eigenvalue weighted by molar-refractivity contribution is 0.547. The Labute approximate surface area is 102 Å². The van der Waals surface area contributed by atoms with Gasteiger partial charge in [0.25, 0.3) is 0 Å². The minimum atomic E-state index is -0.0470. The van der Waals surface area contributed by atoms with Crippen molar-refractivity contribution in [1.82, 2.24) is 24.8 Å². The standard InChI is InChI=1S/C12H13N5O/c18-12-16-9-6-15-11-8(2-4-14-11)10(9)17(12)7-1-3-13-5-7/h2,4,6-7,13H,1,3,5H2,(H,14,15)(H,16,18)/t7-/m0/s1. The Hall–Kier alpha value is -2.08. The van der Waals surface area contributed by atoms with Gasteiger partial charge in [0.15, 0.2) is 0 Å². The van der Waals surface area contributed by atoms with E-state index in [2.05, 4.69) is 20.3 Å². The molecule has 3 aromatic rings. The number of hydrogen-bond donors (Lipinski definition) is 3. The Morgan fingerprint density at radius 3 is 3.22 bits per heavy atom. The second kappa shape index (κ2) is 3.46. The molecule has 3 N–H and O–H groups in total. The Morgan fingerprint density at radius 1 is 1.44 bits per heavy atom. The number of fused-ring (bicyclic) bond motifs is 3. The van der Waals surface area contributed by atoms with Crippen molar-refractivity contribution in [2.75, 3.05) is 13.1 Å². The van der Waals surface area contributed by atoms with Gasteiger partial charge in [-0.1, -0.05) is 0 Å². The smallest absolute Gasteiger partial charge is 0.326 e. The summed E-state index contributed by atoms with van der Waals surface area (Å²) in [5, 5.41) is 4.30. The third kappa shape index (κ3) is 1.20. The highest BCUT2D eigenvalue weighted by Gasteiger charge is 2.22. The lowest BCUT2D eigenvalue weighted by Gasteiger charge is -2.10. The van der Waals surface area contributed by atoms with Crippen LogP contribution in [0.5, 0.6) is 0 Å². The van der Waals surface area contributed by atoms with Crippen molar-refractivity contribution < 1.29 is 0 Å². The maximum atomic E-state index is 12.1. The highest BCUT2D eigenvalue weighted by atomic mass is 16.1. The number of aromatic amines is 2. The molecule has 1 atom stereocenters. The van der Waals surface area contributed by atoms with E-state index in [1.165, 1.54) is 0 Å². The van der Waals surface area contributed by atoms with Crippen molar-refractivity contribution in [3.05, 3.63) is 28.9 Å². The molecule has 4 rings (SSSR count). The van der Waals surface area contributed by atoms with Crippen LogP contribution in [0.25, 0.3) is 22.1 Å². The summed E-state index contributed by atoms with van der Waals surface area (Å²) in [5.41, 5.74) is 2.54. The maximum absolute atomic E-state index is 12.1. The summed E-state index contributed by atoms with van der Waals surface area (Å²) in [5.74, 6) is 0. The van der Waals surface area contributed by atoms with E-state index in [1.54, 1.807) is 6.20 Å². The number of imidazole rings is 1. The first-order valence-electron chi connectivity index (χ1n) is 6.11.